The van der Waals surface area contributed by atoms with Crippen LogP contribution in [0.2, 0.25) is 0 Å². The van der Waals surface area contributed by atoms with Crippen molar-refractivity contribution < 1.29 is 9.59 Å². The van der Waals surface area contributed by atoms with Gasteiger partial charge in [0.15, 0.2) is 0 Å². The van der Waals surface area contributed by atoms with Crippen LogP contribution >= 0.6 is 0 Å². The molecule has 1 fully saturated rings. The van der Waals surface area contributed by atoms with Crippen molar-refractivity contribution in [3.8, 4) is 0 Å². The molecule has 1 N–H and O–H groups in total. The number of hydrogen-bond acceptors (Lipinski definition) is 2. The monoisotopic (exact) mass is 237 g/mol. The van der Waals surface area contributed by atoms with Gasteiger partial charge in [-0.2, -0.15) is 0 Å². The molecule has 1 aromatic carbocycles. The summed E-state index contributed by atoms with van der Waals surface area (Å²) < 4.78 is 0. The molecule has 0 bridgehead atoms. The summed E-state index contributed by atoms with van der Waals surface area (Å²) >= 11 is 0. The summed E-state index contributed by atoms with van der Waals surface area (Å²) in [5.74, 6) is -0.978. The predicted molar refractivity (Wildman–Crippen MR) is 68.3 cm³/mol. The smallest absolute Gasteiger partial charge is 0.254 e. The van der Waals surface area contributed by atoms with Crippen molar-refractivity contribution in [1.82, 2.24) is 5.32 Å². The van der Waals surface area contributed by atoms with Crippen LogP contribution in [0.3, 0.4) is 0 Å². The molecule has 1 aliphatic heterocycles. The Hall–Kier alpha value is -2.42. The maximum atomic E-state index is 11.8. The minimum absolute atomic E-state index is 0.238. The normalized spacial score (nSPS) is 23.9. The summed E-state index contributed by atoms with van der Waals surface area (Å²) in [6.07, 6.45) is 7.32. The molecule has 1 aliphatic carbocycles. The van der Waals surface area contributed by atoms with Gasteiger partial charge in [0.2, 0.25) is 5.91 Å². The third kappa shape index (κ3) is 1.70. The number of benzene rings is 1. The number of hydrogen-bond donors (Lipinski definition) is 1. The summed E-state index contributed by atoms with van der Waals surface area (Å²) in [6, 6.07) is 9.75. The Morgan fingerprint density at radius 3 is 2.67 bits per heavy atom. The molecule has 88 valence electrons. The van der Waals surface area contributed by atoms with E-state index < -0.39 is 5.92 Å². The second-order valence-electron chi connectivity index (χ2n) is 4.29. The number of imide groups is 1. The van der Waals surface area contributed by atoms with Crippen molar-refractivity contribution in [3.63, 3.8) is 0 Å². The first-order valence-corrected chi connectivity index (χ1v) is 5.76. The lowest BCUT2D eigenvalue weighted by Gasteiger charge is -2.13. The number of carbonyl (C=O) groups excluding carboxylic acids is 2. The van der Waals surface area contributed by atoms with Crippen molar-refractivity contribution in [2.75, 3.05) is 0 Å². The minimum Gasteiger partial charge on any atom is -0.292 e. The van der Waals surface area contributed by atoms with Crippen molar-refractivity contribution in [3.05, 3.63) is 65.3 Å². The van der Waals surface area contributed by atoms with Crippen molar-refractivity contribution in [2.24, 2.45) is 5.92 Å². The van der Waals surface area contributed by atoms with Crippen LogP contribution in [0.15, 0.2) is 59.7 Å². The van der Waals surface area contributed by atoms with Crippen molar-refractivity contribution >= 4 is 17.9 Å². The van der Waals surface area contributed by atoms with Gasteiger partial charge in [-0.05, 0) is 11.1 Å². The van der Waals surface area contributed by atoms with Gasteiger partial charge in [-0.1, -0.05) is 54.6 Å². The number of carbonyl (C=O) groups is 2. The molecule has 0 spiro atoms. The molecule has 18 heavy (non-hydrogen) atoms. The van der Waals surface area contributed by atoms with Gasteiger partial charge in [0.25, 0.3) is 5.91 Å². The lowest BCUT2D eigenvalue weighted by molar-refractivity contribution is -0.125. The number of nitrogens with one attached hydrogen (secondary N) is 1. The average molecular weight is 237 g/mol. The fourth-order valence-corrected chi connectivity index (χ4v) is 2.26. The Kier molecular flexibility index (Phi) is 2.45. The zero-order valence-corrected chi connectivity index (χ0v) is 9.59. The molecule has 2 aliphatic rings. The van der Waals surface area contributed by atoms with Gasteiger partial charge in [0, 0.05) is 5.57 Å². The first kappa shape index (κ1) is 10.7. The number of allylic oxidation sites excluding steroid dienone is 3. The Morgan fingerprint density at radius 2 is 1.89 bits per heavy atom. The fourth-order valence-electron chi connectivity index (χ4n) is 2.26. The molecule has 3 rings (SSSR count). The highest BCUT2D eigenvalue weighted by molar-refractivity contribution is 6.17. The van der Waals surface area contributed by atoms with Crippen LogP contribution < -0.4 is 5.32 Å². The van der Waals surface area contributed by atoms with E-state index >= 15 is 0 Å². The van der Waals surface area contributed by atoms with E-state index in [0.717, 1.165) is 11.1 Å². The van der Waals surface area contributed by atoms with E-state index in [1.807, 2.05) is 42.5 Å². The van der Waals surface area contributed by atoms with E-state index in [-0.39, 0.29) is 11.8 Å². The third-order valence-electron chi connectivity index (χ3n) is 3.10. The number of rotatable bonds is 1. The van der Waals surface area contributed by atoms with Crippen LogP contribution in [0.25, 0.3) is 6.08 Å². The third-order valence-corrected chi connectivity index (χ3v) is 3.10. The van der Waals surface area contributed by atoms with Gasteiger partial charge in [-0.15, -0.1) is 0 Å². The van der Waals surface area contributed by atoms with Gasteiger partial charge >= 0.3 is 0 Å². The molecule has 1 aromatic rings. The quantitative estimate of drug-likeness (QED) is 0.757. The number of amides is 2. The minimum atomic E-state index is -0.456. The zero-order valence-electron chi connectivity index (χ0n) is 9.59. The summed E-state index contributed by atoms with van der Waals surface area (Å²) in [6.45, 7) is 0. The van der Waals surface area contributed by atoms with Crippen LogP contribution in [-0.4, -0.2) is 11.8 Å². The average Bonchev–Trinajstić information content (AvgIpc) is 2.67. The SMILES string of the molecule is O=C1NC(=O)C2C(=Cc3ccccc3)C=CC=C12. The van der Waals surface area contributed by atoms with Crippen molar-refractivity contribution in [1.29, 1.82) is 0 Å². The first-order chi connectivity index (χ1) is 8.75. The Morgan fingerprint density at radius 1 is 1.11 bits per heavy atom. The number of fused-ring (bicyclic) bond motifs is 1. The second-order valence-corrected chi connectivity index (χ2v) is 4.29. The van der Waals surface area contributed by atoms with E-state index in [1.54, 1.807) is 12.2 Å². The van der Waals surface area contributed by atoms with Gasteiger partial charge in [0.05, 0.1) is 5.92 Å². The standard InChI is InChI=1S/C15H11NO2/c17-14-12-8-4-7-11(13(12)15(18)16-14)9-10-5-2-1-3-6-10/h1-9,13H,(H,16,17,18). The van der Waals surface area contributed by atoms with Crippen LogP contribution in [0, 0.1) is 5.92 Å². The van der Waals surface area contributed by atoms with Crippen LogP contribution in [0.4, 0.5) is 0 Å². The van der Waals surface area contributed by atoms with Gasteiger partial charge in [-0.25, -0.2) is 0 Å². The van der Waals surface area contributed by atoms with E-state index in [1.165, 1.54) is 0 Å². The van der Waals surface area contributed by atoms with Crippen LogP contribution in [0.1, 0.15) is 5.56 Å². The van der Waals surface area contributed by atoms with Crippen molar-refractivity contribution in [2.45, 2.75) is 0 Å². The van der Waals surface area contributed by atoms with Gasteiger partial charge in [-0.3, -0.25) is 14.9 Å². The second kappa shape index (κ2) is 4.11. The molecule has 1 saturated heterocycles. The molecule has 3 nitrogen and oxygen atoms in total. The molecule has 3 heteroatoms. The Balaban J connectivity index is 2.02. The predicted octanol–water partition coefficient (Wildman–Crippen LogP) is 1.84. The van der Waals surface area contributed by atoms with E-state index in [2.05, 4.69) is 5.32 Å². The highest BCUT2D eigenvalue weighted by Gasteiger charge is 2.38. The first-order valence-electron chi connectivity index (χ1n) is 5.76. The molecular formula is C15H11NO2. The molecule has 1 heterocycles. The highest BCUT2D eigenvalue weighted by atomic mass is 16.2. The van der Waals surface area contributed by atoms with Gasteiger partial charge < -0.3 is 0 Å². The molecule has 0 aromatic heterocycles. The highest BCUT2D eigenvalue weighted by Crippen LogP contribution is 2.31. The van der Waals surface area contributed by atoms with Gasteiger partial charge in [0.1, 0.15) is 0 Å². The molecule has 0 saturated carbocycles. The largest absolute Gasteiger partial charge is 0.292 e. The summed E-state index contributed by atoms with van der Waals surface area (Å²) in [5, 5.41) is 2.35. The topological polar surface area (TPSA) is 46.2 Å². The van der Waals surface area contributed by atoms with E-state index in [4.69, 9.17) is 0 Å². The zero-order chi connectivity index (χ0) is 12.5. The summed E-state index contributed by atoms with van der Waals surface area (Å²) in [7, 11) is 0. The molecular weight excluding hydrogens is 226 g/mol. The Bertz CT molecular complexity index is 609. The van der Waals surface area contributed by atoms with E-state index in [9.17, 15) is 9.59 Å². The maximum Gasteiger partial charge on any atom is 0.254 e. The summed E-state index contributed by atoms with van der Waals surface area (Å²) in [4.78, 5) is 23.3. The lowest BCUT2D eigenvalue weighted by Crippen LogP contribution is -2.22. The lowest BCUT2D eigenvalue weighted by atomic mass is 9.87. The van der Waals surface area contributed by atoms with Crippen LogP contribution in [0.5, 0.6) is 0 Å². The summed E-state index contributed by atoms with van der Waals surface area (Å²) in [5.41, 5.74) is 2.40. The molecule has 0 radical (unpaired) electrons. The molecule has 2 amide bonds. The maximum absolute atomic E-state index is 11.8. The van der Waals surface area contributed by atoms with E-state index in [0.29, 0.717) is 5.57 Å². The molecule has 1 atom stereocenters. The molecule has 1 unspecified atom stereocenters. The Labute approximate surface area is 105 Å². The fraction of sp³-hybridized carbons (Fsp3) is 0.0667. The van der Waals surface area contributed by atoms with Crippen LogP contribution in [-0.2, 0) is 9.59 Å².